The molecule has 1 heterocycles. The number of hydrogen-bond donors (Lipinski definition) is 2. The molecule has 0 radical (unpaired) electrons. The molecule has 28 heavy (non-hydrogen) atoms. The average molecular weight is 502 g/mol. The normalized spacial score (nSPS) is 16.6. The van der Waals surface area contributed by atoms with E-state index in [9.17, 15) is 0 Å². The molecule has 0 saturated carbocycles. The van der Waals surface area contributed by atoms with Gasteiger partial charge in [0.15, 0.2) is 17.5 Å². The predicted octanol–water partition coefficient (Wildman–Crippen LogP) is 3.29. The van der Waals surface area contributed by atoms with Crippen molar-refractivity contribution >= 4 is 29.9 Å². The summed E-state index contributed by atoms with van der Waals surface area (Å²) in [7, 11) is 3.45. The first-order valence-electron chi connectivity index (χ1n) is 9.65. The summed E-state index contributed by atoms with van der Waals surface area (Å²) < 4.78 is 11.3. The molecule has 1 fully saturated rings. The second-order valence-corrected chi connectivity index (χ2v) is 7.18. The van der Waals surface area contributed by atoms with E-state index >= 15 is 0 Å². The maximum Gasteiger partial charge on any atom is 0.191 e. The van der Waals surface area contributed by atoms with Crippen LogP contribution in [0.4, 0.5) is 0 Å². The van der Waals surface area contributed by atoms with Gasteiger partial charge >= 0.3 is 0 Å². The first-order chi connectivity index (χ1) is 13.0. The van der Waals surface area contributed by atoms with E-state index in [4.69, 9.17) is 9.47 Å². The van der Waals surface area contributed by atoms with Crippen LogP contribution in [0.1, 0.15) is 26.7 Å². The minimum Gasteiger partial charge on any atom is -0.493 e. The molecule has 1 aromatic rings. The SMILES string of the molecule is C=C(C)CN1CCC(NC(=NC)NCC(C)Oc2ccccc2OC)CC1.I. The highest BCUT2D eigenvalue weighted by molar-refractivity contribution is 14.0. The Hall–Kier alpha value is -1.48. The van der Waals surface area contributed by atoms with E-state index in [1.165, 1.54) is 5.57 Å². The lowest BCUT2D eigenvalue weighted by molar-refractivity contribution is 0.211. The number of methoxy groups -OCH3 is 1. The number of likely N-dealkylation sites (tertiary alicyclic amines) is 1. The number of nitrogens with one attached hydrogen (secondary N) is 2. The van der Waals surface area contributed by atoms with Crippen molar-refractivity contribution in [2.75, 3.05) is 40.3 Å². The van der Waals surface area contributed by atoms with Crippen LogP contribution in [-0.4, -0.2) is 63.3 Å². The number of nitrogens with zero attached hydrogens (tertiary/aromatic N) is 2. The Morgan fingerprint density at radius 1 is 1.29 bits per heavy atom. The van der Waals surface area contributed by atoms with Crippen LogP contribution in [0, 0.1) is 0 Å². The van der Waals surface area contributed by atoms with Gasteiger partial charge in [0, 0.05) is 32.7 Å². The van der Waals surface area contributed by atoms with Gasteiger partial charge in [0.1, 0.15) is 6.10 Å². The van der Waals surface area contributed by atoms with Crippen molar-refractivity contribution in [2.45, 2.75) is 38.8 Å². The molecule has 0 aromatic heterocycles. The molecule has 1 aliphatic rings. The molecule has 1 atom stereocenters. The zero-order valence-electron chi connectivity index (χ0n) is 17.5. The number of hydrogen-bond acceptors (Lipinski definition) is 4. The Labute approximate surface area is 186 Å². The molecule has 0 bridgehead atoms. The van der Waals surface area contributed by atoms with Crippen LogP contribution in [-0.2, 0) is 0 Å². The van der Waals surface area contributed by atoms with E-state index in [1.54, 1.807) is 14.2 Å². The second-order valence-electron chi connectivity index (χ2n) is 7.18. The average Bonchev–Trinajstić information content (AvgIpc) is 2.66. The van der Waals surface area contributed by atoms with Crippen molar-refractivity contribution in [2.24, 2.45) is 4.99 Å². The Bertz CT molecular complexity index is 631. The number of guanidine groups is 1. The molecule has 1 saturated heterocycles. The smallest absolute Gasteiger partial charge is 0.191 e. The lowest BCUT2D eigenvalue weighted by Gasteiger charge is -2.33. The van der Waals surface area contributed by atoms with Gasteiger partial charge in [0.25, 0.3) is 0 Å². The number of halogens is 1. The predicted molar refractivity (Wildman–Crippen MR) is 127 cm³/mol. The van der Waals surface area contributed by atoms with Crippen LogP contribution in [0.15, 0.2) is 41.4 Å². The van der Waals surface area contributed by atoms with Crippen molar-refractivity contribution < 1.29 is 9.47 Å². The number of benzene rings is 1. The molecule has 2 N–H and O–H groups in total. The van der Waals surface area contributed by atoms with Crippen LogP contribution in [0.25, 0.3) is 0 Å². The molecule has 6 nitrogen and oxygen atoms in total. The van der Waals surface area contributed by atoms with Gasteiger partial charge in [-0.3, -0.25) is 9.89 Å². The van der Waals surface area contributed by atoms with Gasteiger partial charge in [0.05, 0.1) is 13.7 Å². The van der Waals surface area contributed by atoms with E-state index in [-0.39, 0.29) is 30.1 Å². The Morgan fingerprint density at radius 2 is 1.93 bits per heavy atom. The lowest BCUT2D eigenvalue weighted by Crippen LogP contribution is -2.50. The molecule has 0 aliphatic carbocycles. The number of piperidine rings is 1. The van der Waals surface area contributed by atoms with Gasteiger partial charge < -0.3 is 20.1 Å². The van der Waals surface area contributed by atoms with Crippen LogP contribution in [0.5, 0.6) is 11.5 Å². The van der Waals surface area contributed by atoms with Crippen LogP contribution < -0.4 is 20.1 Å². The molecule has 7 heteroatoms. The first-order valence-corrected chi connectivity index (χ1v) is 9.65. The summed E-state index contributed by atoms with van der Waals surface area (Å²) in [5, 5.41) is 6.89. The summed E-state index contributed by atoms with van der Waals surface area (Å²) in [6, 6.07) is 8.14. The summed E-state index contributed by atoms with van der Waals surface area (Å²) >= 11 is 0. The molecule has 1 aliphatic heterocycles. The number of para-hydroxylation sites is 2. The largest absolute Gasteiger partial charge is 0.493 e. The van der Waals surface area contributed by atoms with Gasteiger partial charge in [-0.15, -0.1) is 24.0 Å². The van der Waals surface area contributed by atoms with Crippen molar-refractivity contribution in [1.82, 2.24) is 15.5 Å². The van der Waals surface area contributed by atoms with E-state index in [0.29, 0.717) is 12.6 Å². The van der Waals surface area contributed by atoms with E-state index in [1.807, 2.05) is 31.2 Å². The highest BCUT2D eigenvalue weighted by Gasteiger charge is 2.20. The fourth-order valence-electron chi connectivity index (χ4n) is 3.22. The summed E-state index contributed by atoms with van der Waals surface area (Å²) in [5.74, 6) is 2.32. The topological polar surface area (TPSA) is 58.1 Å². The van der Waals surface area contributed by atoms with Gasteiger partial charge in [-0.1, -0.05) is 24.3 Å². The monoisotopic (exact) mass is 502 g/mol. The van der Waals surface area contributed by atoms with E-state index in [2.05, 4.69) is 34.0 Å². The minimum absolute atomic E-state index is 0. The molecule has 1 unspecified atom stereocenters. The van der Waals surface area contributed by atoms with Crippen molar-refractivity contribution in [3.63, 3.8) is 0 Å². The molecule has 1 aromatic carbocycles. The molecule has 0 amide bonds. The maximum atomic E-state index is 5.99. The standard InChI is InChI=1S/C21H34N4O2.HI/c1-16(2)15-25-12-10-18(11-13-25)24-21(22-4)23-14-17(3)27-20-9-7-6-8-19(20)26-5;/h6-9,17-18H,1,10-15H2,2-5H3,(H2,22,23,24);1H. The fraction of sp³-hybridized carbons (Fsp3) is 0.571. The van der Waals surface area contributed by atoms with E-state index in [0.717, 1.165) is 49.9 Å². The van der Waals surface area contributed by atoms with Crippen molar-refractivity contribution in [3.05, 3.63) is 36.4 Å². The first kappa shape index (κ1) is 24.6. The molecular weight excluding hydrogens is 467 g/mol. The number of ether oxygens (including phenoxy) is 2. The summed E-state index contributed by atoms with van der Waals surface area (Å²) in [6.45, 7) is 12.0. The second kappa shape index (κ2) is 12.9. The highest BCUT2D eigenvalue weighted by atomic mass is 127. The van der Waals surface area contributed by atoms with Crippen LogP contribution in [0.2, 0.25) is 0 Å². The van der Waals surface area contributed by atoms with Crippen molar-refractivity contribution in [1.29, 1.82) is 0 Å². The summed E-state index contributed by atoms with van der Waals surface area (Å²) in [4.78, 5) is 6.81. The number of rotatable bonds is 8. The van der Waals surface area contributed by atoms with Crippen molar-refractivity contribution in [3.8, 4) is 11.5 Å². The Kier molecular flexibility index (Phi) is 11.3. The van der Waals surface area contributed by atoms with Crippen LogP contribution in [0.3, 0.4) is 0 Å². The summed E-state index contributed by atoms with van der Waals surface area (Å²) in [6.07, 6.45) is 2.21. The Balaban J connectivity index is 0.00000392. The highest BCUT2D eigenvalue weighted by Crippen LogP contribution is 2.26. The zero-order chi connectivity index (χ0) is 19.6. The van der Waals surface area contributed by atoms with Gasteiger partial charge in [0.2, 0.25) is 0 Å². The third-order valence-electron chi connectivity index (χ3n) is 4.60. The number of aliphatic imine (C=N–C) groups is 1. The quantitative estimate of drug-likeness (QED) is 0.247. The molecule has 0 spiro atoms. The molecular formula is C21H35IN4O2. The third kappa shape index (κ3) is 8.26. The maximum absolute atomic E-state index is 5.99. The van der Waals surface area contributed by atoms with Gasteiger partial charge in [-0.25, -0.2) is 0 Å². The van der Waals surface area contributed by atoms with Gasteiger partial charge in [-0.2, -0.15) is 0 Å². The lowest BCUT2D eigenvalue weighted by atomic mass is 10.0. The summed E-state index contributed by atoms with van der Waals surface area (Å²) in [5.41, 5.74) is 1.22. The van der Waals surface area contributed by atoms with Gasteiger partial charge in [-0.05, 0) is 38.8 Å². The zero-order valence-corrected chi connectivity index (χ0v) is 19.9. The Morgan fingerprint density at radius 3 is 2.50 bits per heavy atom. The fourth-order valence-corrected chi connectivity index (χ4v) is 3.22. The van der Waals surface area contributed by atoms with E-state index < -0.39 is 0 Å². The molecule has 158 valence electrons. The van der Waals surface area contributed by atoms with Crippen LogP contribution >= 0.6 is 24.0 Å². The molecule has 2 rings (SSSR count). The third-order valence-corrected chi connectivity index (χ3v) is 4.60. The minimum atomic E-state index is -0.0164.